The molecule has 5 rings (SSSR count). The Balaban J connectivity index is 1.45. The number of amides is 2. The number of piperazine rings is 1. The third-order valence-electron chi connectivity index (χ3n) is 8.78. The lowest BCUT2D eigenvalue weighted by Crippen LogP contribution is -2.60. The summed E-state index contributed by atoms with van der Waals surface area (Å²) in [5.41, 5.74) is -0.286. The van der Waals surface area contributed by atoms with Gasteiger partial charge in [-0.25, -0.2) is 9.97 Å². The van der Waals surface area contributed by atoms with Crippen molar-refractivity contribution in [1.82, 2.24) is 25.1 Å². The Hall–Kier alpha value is -3.41. The van der Waals surface area contributed by atoms with E-state index in [0.717, 1.165) is 13.1 Å². The fourth-order valence-electron chi connectivity index (χ4n) is 6.49. The molecular formula is C30H39F3N6O3. The van der Waals surface area contributed by atoms with Crippen LogP contribution < -0.4 is 15.0 Å². The summed E-state index contributed by atoms with van der Waals surface area (Å²) in [5.74, 6) is -0.718. The summed E-state index contributed by atoms with van der Waals surface area (Å²) < 4.78 is 48.2. The lowest BCUT2D eigenvalue weighted by atomic mass is 9.83. The number of likely N-dealkylation sites (N-methyl/N-ethyl adjacent to an activating group) is 1. The number of likely N-dealkylation sites (tertiary alicyclic amines) is 1. The van der Waals surface area contributed by atoms with Crippen molar-refractivity contribution >= 4 is 17.5 Å². The van der Waals surface area contributed by atoms with Crippen molar-refractivity contribution < 1.29 is 27.5 Å². The first-order valence-corrected chi connectivity index (χ1v) is 14.8. The second-order valence-corrected chi connectivity index (χ2v) is 11.5. The van der Waals surface area contributed by atoms with E-state index in [-0.39, 0.29) is 49.6 Å². The molecule has 1 atom stereocenters. The van der Waals surface area contributed by atoms with Crippen LogP contribution in [-0.2, 0) is 4.79 Å². The summed E-state index contributed by atoms with van der Waals surface area (Å²) in [7, 11) is 1.98. The molecule has 2 amide bonds. The van der Waals surface area contributed by atoms with Crippen LogP contribution in [0.3, 0.4) is 0 Å². The maximum absolute atomic E-state index is 14.2. The van der Waals surface area contributed by atoms with E-state index in [1.807, 2.05) is 44.0 Å². The molecule has 0 spiro atoms. The molecule has 0 bridgehead atoms. The van der Waals surface area contributed by atoms with Crippen molar-refractivity contribution in [3.8, 4) is 17.1 Å². The number of pyridine rings is 2. The van der Waals surface area contributed by atoms with Gasteiger partial charge in [-0.3, -0.25) is 9.59 Å². The van der Waals surface area contributed by atoms with E-state index < -0.39 is 17.5 Å². The highest BCUT2D eigenvalue weighted by Gasteiger charge is 2.62. The lowest BCUT2D eigenvalue weighted by molar-refractivity contribution is -0.226. The van der Waals surface area contributed by atoms with E-state index in [2.05, 4.69) is 15.2 Å². The predicted octanol–water partition coefficient (Wildman–Crippen LogP) is 4.14. The minimum absolute atomic E-state index is 0.000375. The quantitative estimate of drug-likeness (QED) is 0.496. The molecule has 3 fully saturated rings. The average molecular weight is 589 g/mol. The molecule has 1 N–H and O–H groups in total. The first-order valence-electron chi connectivity index (χ1n) is 14.8. The molecule has 0 unspecified atom stereocenters. The Labute approximate surface area is 244 Å². The molecule has 4 heterocycles. The molecule has 42 heavy (non-hydrogen) atoms. The Morgan fingerprint density at radius 2 is 1.83 bits per heavy atom. The van der Waals surface area contributed by atoms with Gasteiger partial charge in [-0.2, -0.15) is 13.2 Å². The van der Waals surface area contributed by atoms with E-state index >= 15 is 0 Å². The largest absolute Gasteiger partial charge is 0.477 e. The molecular weight excluding hydrogens is 549 g/mol. The zero-order valence-corrected chi connectivity index (χ0v) is 24.4. The molecule has 9 nitrogen and oxygen atoms in total. The summed E-state index contributed by atoms with van der Waals surface area (Å²) in [6.07, 6.45) is -1.88. The SMILES string of the molecule is CCOc1ncccc1-c1ccc(N2CCN(C(=O)C3(C(F)(F)F)CCCC3)C[C@H]2CC)c(C(=O)NC2CN(C)C2)n1. The molecule has 1 saturated carbocycles. The Morgan fingerprint density at radius 3 is 2.48 bits per heavy atom. The van der Waals surface area contributed by atoms with Crippen LogP contribution in [0.25, 0.3) is 11.3 Å². The van der Waals surface area contributed by atoms with Crippen molar-refractivity contribution in [3.05, 3.63) is 36.2 Å². The summed E-state index contributed by atoms with van der Waals surface area (Å²) >= 11 is 0. The fourth-order valence-corrected chi connectivity index (χ4v) is 6.49. The number of ether oxygens (including phenoxy) is 1. The summed E-state index contributed by atoms with van der Waals surface area (Å²) in [5, 5.41) is 3.07. The topological polar surface area (TPSA) is 90.9 Å². The summed E-state index contributed by atoms with van der Waals surface area (Å²) in [4.78, 5) is 41.7. The molecule has 228 valence electrons. The van der Waals surface area contributed by atoms with Crippen LogP contribution in [-0.4, -0.2) is 96.2 Å². The van der Waals surface area contributed by atoms with Crippen LogP contribution in [0.2, 0.25) is 0 Å². The Bertz CT molecular complexity index is 1290. The van der Waals surface area contributed by atoms with Crippen molar-refractivity contribution in [2.24, 2.45) is 5.41 Å². The third kappa shape index (κ3) is 5.65. The van der Waals surface area contributed by atoms with Gasteiger partial charge in [0.2, 0.25) is 11.8 Å². The van der Waals surface area contributed by atoms with Crippen LogP contribution in [0.4, 0.5) is 18.9 Å². The van der Waals surface area contributed by atoms with Gasteiger partial charge in [-0.1, -0.05) is 19.8 Å². The zero-order valence-electron chi connectivity index (χ0n) is 24.4. The molecule has 3 aliphatic rings. The van der Waals surface area contributed by atoms with E-state index in [1.165, 1.54) is 4.90 Å². The minimum atomic E-state index is -4.58. The highest BCUT2D eigenvalue weighted by Crippen LogP contribution is 2.52. The van der Waals surface area contributed by atoms with Gasteiger partial charge in [-0.05, 0) is 57.5 Å². The van der Waals surface area contributed by atoms with Gasteiger partial charge < -0.3 is 24.8 Å². The molecule has 0 aromatic carbocycles. The molecule has 2 aromatic rings. The molecule has 2 aliphatic heterocycles. The van der Waals surface area contributed by atoms with E-state index in [4.69, 9.17) is 9.72 Å². The van der Waals surface area contributed by atoms with Crippen LogP contribution in [0.15, 0.2) is 30.5 Å². The first-order chi connectivity index (χ1) is 20.1. The van der Waals surface area contributed by atoms with E-state index in [0.29, 0.717) is 55.2 Å². The van der Waals surface area contributed by atoms with Crippen LogP contribution in [0.1, 0.15) is 56.4 Å². The molecule has 0 radical (unpaired) electrons. The van der Waals surface area contributed by atoms with Crippen molar-refractivity contribution in [2.45, 2.75) is 64.2 Å². The number of alkyl halides is 3. The maximum Gasteiger partial charge on any atom is 0.403 e. The van der Waals surface area contributed by atoms with Crippen molar-refractivity contribution in [1.29, 1.82) is 0 Å². The smallest absolute Gasteiger partial charge is 0.403 e. The monoisotopic (exact) mass is 588 g/mol. The van der Waals surface area contributed by atoms with Gasteiger partial charge in [-0.15, -0.1) is 0 Å². The van der Waals surface area contributed by atoms with Crippen molar-refractivity contribution in [2.75, 3.05) is 51.3 Å². The number of carbonyl (C=O) groups is 2. The minimum Gasteiger partial charge on any atom is -0.477 e. The first kappa shape index (κ1) is 30.1. The van der Waals surface area contributed by atoms with Gasteiger partial charge >= 0.3 is 6.18 Å². The van der Waals surface area contributed by atoms with Gasteiger partial charge in [0.25, 0.3) is 5.91 Å². The molecule has 2 saturated heterocycles. The third-order valence-corrected chi connectivity index (χ3v) is 8.78. The number of rotatable bonds is 8. The normalized spacial score (nSPS) is 21.2. The average Bonchev–Trinajstić information content (AvgIpc) is 3.48. The van der Waals surface area contributed by atoms with Gasteiger partial charge in [0.05, 0.1) is 29.6 Å². The number of hydrogen-bond acceptors (Lipinski definition) is 7. The molecule has 1 aliphatic carbocycles. The molecule has 2 aromatic heterocycles. The lowest BCUT2D eigenvalue weighted by Gasteiger charge is -2.45. The number of nitrogens with one attached hydrogen (secondary N) is 1. The Kier molecular flexibility index (Phi) is 8.63. The second-order valence-electron chi connectivity index (χ2n) is 11.5. The zero-order chi connectivity index (χ0) is 30.1. The van der Waals surface area contributed by atoms with E-state index in [1.54, 1.807) is 12.3 Å². The van der Waals surface area contributed by atoms with Crippen LogP contribution in [0, 0.1) is 5.41 Å². The maximum atomic E-state index is 14.2. The fraction of sp³-hybridized carbons (Fsp3) is 0.600. The van der Waals surface area contributed by atoms with Gasteiger partial charge in [0, 0.05) is 45.0 Å². The number of nitrogens with zero attached hydrogens (tertiary/aromatic N) is 5. The predicted molar refractivity (Wildman–Crippen MR) is 152 cm³/mol. The van der Waals surface area contributed by atoms with Crippen LogP contribution in [0.5, 0.6) is 5.88 Å². The van der Waals surface area contributed by atoms with E-state index in [9.17, 15) is 22.8 Å². The van der Waals surface area contributed by atoms with Crippen LogP contribution >= 0.6 is 0 Å². The van der Waals surface area contributed by atoms with Gasteiger partial charge in [0.1, 0.15) is 5.41 Å². The number of anilines is 1. The van der Waals surface area contributed by atoms with Crippen molar-refractivity contribution in [3.63, 3.8) is 0 Å². The number of aromatic nitrogens is 2. The number of halogens is 3. The summed E-state index contributed by atoms with van der Waals surface area (Å²) in [6.45, 7) is 6.28. The number of hydrogen-bond donors (Lipinski definition) is 1. The summed E-state index contributed by atoms with van der Waals surface area (Å²) in [6, 6.07) is 6.98. The Morgan fingerprint density at radius 1 is 1.10 bits per heavy atom. The number of carbonyl (C=O) groups excluding carboxylic acids is 2. The highest BCUT2D eigenvalue weighted by molar-refractivity contribution is 5.99. The molecule has 12 heteroatoms. The standard InChI is InChI=1S/C30H39F3N6O3/c1-4-21-19-38(28(41)29(30(31,32)33)12-6-7-13-29)15-16-39(21)24-11-10-23(22-9-8-14-34-27(22)42-5-2)36-25(24)26(40)35-20-17-37(3)18-20/h8-11,14,20-21H,4-7,12-13,15-19H2,1-3H3,(H,35,40)/t21-/m1/s1. The van der Waals surface area contributed by atoms with Gasteiger partial charge in [0.15, 0.2) is 5.69 Å². The highest BCUT2D eigenvalue weighted by atomic mass is 19.4. The second kappa shape index (κ2) is 12.1.